The molecule has 1 unspecified atom stereocenters. The van der Waals surface area contributed by atoms with E-state index in [4.69, 9.17) is 4.42 Å². The molecule has 0 aliphatic rings. The third-order valence-corrected chi connectivity index (χ3v) is 5.56. The fourth-order valence-electron chi connectivity index (χ4n) is 3.17. The van der Waals surface area contributed by atoms with Gasteiger partial charge in [0.2, 0.25) is 5.89 Å². The minimum atomic E-state index is -0.680. The van der Waals surface area contributed by atoms with Crippen LogP contribution in [0.3, 0.4) is 0 Å². The van der Waals surface area contributed by atoms with E-state index >= 15 is 0 Å². The first kappa shape index (κ1) is 17.9. The fourth-order valence-corrected chi connectivity index (χ4v) is 3.88. The first-order valence-corrected chi connectivity index (χ1v) is 10.2. The summed E-state index contributed by atoms with van der Waals surface area (Å²) in [7, 11) is 0. The van der Waals surface area contributed by atoms with Gasteiger partial charge in [-0.3, -0.25) is 0 Å². The van der Waals surface area contributed by atoms with E-state index in [0.717, 1.165) is 36.1 Å². The van der Waals surface area contributed by atoms with Gasteiger partial charge in [-0.05, 0) is 42.3 Å². The Morgan fingerprint density at radius 1 is 1.04 bits per heavy atom. The largest absolute Gasteiger partial charge is 0.436 e. The highest BCUT2D eigenvalue weighted by Crippen LogP contribution is 2.29. The number of aryl methyl sites for hydroxylation is 1. The fraction of sp³-hybridized carbons (Fsp3) is 0.273. The van der Waals surface area contributed by atoms with Crippen molar-refractivity contribution < 1.29 is 9.52 Å². The predicted molar refractivity (Wildman–Crippen MR) is 109 cm³/mol. The zero-order chi connectivity index (χ0) is 18.5. The number of aromatic nitrogens is 2. The minimum Gasteiger partial charge on any atom is -0.436 e. The van der Waals surface area contributed by atoms with Crippen LogP contribution in [0.4, 0.5) is 0 Å². The van der Waals surface area contributed by atoms with Crippen molar-refractivity contribution in [2.45, 2.75) is 38.2 Å². The van der Waals surface area contributed by atoms with Gasteiger partial charge < -0.3 is 9.52 Å². The van der Waals surface area contributed by atoms with Gasteiger partial charge in [-0.2, -0.15) is 4.98 Å². The molecule has 0 spiro atoms. The molecule has 0 aliphatic carbocycles. The number of aliphatic hydroxyl groups is 1. The lowest BCUT2D eigenvalue weighted by Crippen LogP contribution is -1.98. The molecule has 0 amide bonds. The zero-order valence-electron chi connectivity index (χ0n) is 15.0. The van der Waals surface area contributed by atoms with E-state index in [2.05, 4.69) is 40.3 Å². The van der Waals surface area contributed by atoms with Crippen molar-refractivity contribution in [3.8, 4) is 10.4 Å². The minimum absolute atomic E-state index is 0.365. The van der Waals surface area contributed by atoms with Crippen LogP contribution in [0.2, 0.25) is 0 Å². The van der Waals surface area contributed by atoms with Gasteiger partial charge in [-0.15, -0.1) is 11.3 Å². The van der Waals surface area contributed by atoms with Gasteiger partial charge in [0.05, 0.1) is 0 Å². The number of hydrogen-bond acceptors (Lipinski definition) is 5. The molecule has 1 aromatic carbocycles. The highest BCUT2D eigenvalue weighted by molar-refractivity contribution is 7.13. The number of benzene rings is 1. The molecule has 5 heteroatoms. The van der Waals surface area contributed by atoms with Crippen molar-refractivity contribution >= 4 is 22.6 Å². The van der Waals surface area contributed by atoms with Gasteiger partial charge in [0, 0.05) is 16.6 Å². The summed E-state index contributed by atoms with van der Waals surface area (Å²) in [4.78, 5) is 9.87. The van der Waals surface area contributed by atoms with Crippen LogP contribution < -0.4 is 0 Å². The average molecular weight is 378 g/mol. The molecule has 3 aromatic heterocycles. The molecule has 1 N–H and O–H groups in total. The predicted octanol–water partition coefficient (Wildman–Crippen LogP) is 5.79. The Labute approximate surface area is 162 Å². The van der Waals surface area contributed by atoms with Gasteiger partial charge in [0.25, 0.3) is 0 Å². The molecule has 0 saturated heterocycles. The molecule has 1 atom stereocenters. The molecule has 138 valence electrons. The first-order chi connectivity index (χ1) is 13.3. The maximum absolute atomic E-state index is 10.4. The molecule has 3 heterocycles. The van der Waals surface area contributed by atoms with E-state index in [9.17, 15) is 5.11 Å². The number of unbranched alkanes of at least 4 members (excludes halogenated alkanes) is 2. The second-order valence-corrected chi connectivity index (χ2v) is 7.62. The number of oxazole rings is 1. The van der Waals surface area contributed by atoms with Gasteiger partial charge in [-0.25, -0.2) is 4.98 Å². The van der Waals surface area contributed by atoms with E-state index in [1.165, 1.54) is 5.56 Å². The third kappa shape index (κ3) is 4.43. The lowest BCUT2D eigenvalue weighted by Gasteiger charge is -2.06. The molecule has 0 bridgehead atoms. The smallest absolute Gasteiger partial charge is 0.225 e. The zero-order valence-corrected chi connectivity index (χ0v) is 15.9. The van der Waals surface area contributed by atoms with Crippen LogP contribution >= 0.6 is 11.3 Å². The van der Waals surface area contributed by atoms with Crippen molar-refractivity contribution in [2.24, 2.45) is 0 Å². The van der Waals surface area contributed by atoms with Crippen LogP contribution in [0, 0.1) is 0 Å². The quantitative estimate of drug-likeness (QED) is 0.394. The topological polar surface area (TPSA) is 59.2 Å². The molecule has 4 nitrogen and oxygen atoms in total. The third-order valence-electron chi connectivity index (χ3n) is 4.64. The SMILES string of the molecule is OC(CCCCCc1ccccc1)c1nc2ncc(-c3cccs3)cc2o1. The Morgan fingerprint density at radius 2 is 1.93 bits per heavy atom. The number of fused-ring (bicyclic) bond motifs is 1. The molecule has 0 fully saturated rings. The van der Waals surface area contributed by atoms with Crippen LogP contribution in [-0.4, -0.2) is 15.1 Å². The molecule has 0 aliphatic heterocycles. The lowest BCUT2D eigenvalue weighted by atomic mass is 10.0. The first-order valence-electron chi connectivity index (χ1n) is 9.32. The summed E-state index contributed by atoms with van der Waals surface area (Å²) < 4.78 is 5.78. The highest BCUT2D eigenvalue weighted by atomic mass is 32.1. The highest BCUT2D eigenvalue weighted by Gasteiger charge is 2.16. The summed E-state index contributed by atoms with van der Waals surface area (Å²) in [5, 5.41) is 12.4. The van der Waals surface area contributed by atoms with Gasteiger partial charge in [0.1, 0.15) is 6.10 Å². The molecule has 0 saturated carbocycles. The van der Waals surface area contributed by atoms with E-state index in [1.807, 2.05) is 23.6 Å². The standard InChI is InChI=1S/C22H22N2O2S/c25-18(11-6-2-5-10-16-8-3-1-4-9-16)22-24-21-19(26-22)14-17(15-23-21)20-12-7-13-27-20/h1,3-4,7-9,12-15,18,25H,2,5-6,10-11H2. The van der Waals surface area contributed by atoms with Crippen molar-refractivity contribution in [3.05, 3.63) is 71.6 Å². The Balaban J connectivity index is 1.32. The van der Waals surface area contributed by atoms with Crippen LogP contribution in [0.15, 0.2) is 64.5 Å². The summed E-state index contributed by atoms with van der Waals surface area (Å²) in [6.07, 6.45) is 6.00. The molecule has 27 heavy (non-hydrogen) atoms. The summed E-state index contributed by atoms with van der Waals surface area (Å²) in [5.41, 5.74) is 3.55. The molecule has 0 radical (unpaired) electrons. The number of rotatable bonds is 8. The van der Waals surface area contributed by atoms with Crippen LogP contribution in [0.1, 0.15) is 43.2 Å². The number of thiophene rings is 1. The Kier molecular flexibility index (Phi) is 5.61. The number of hydrogen-bond donors (Lipinski definition) is 1. The van der Waals surface area contributed by atoms with Gasteiger partial charge >= 0.3 is 0 Å². The molecular formula is C22H22N2O2S. The van der Waals surface area contributed by atoms with E-state index in [1.54, 1.807) is 17.5 Å². The monoisotopic (exact) mass is 378 g/mol. The van der Waals surface area contributed by atoms with Crippen molar-refractivity contribution in [3.63, 3.8) is 0 Å². The van der Waals surface area contributed by atoms with Crippen molar-refractivity contribution in [1.82, 2.24) is 9.97 Å². The maximum Gasteiger partial charge on any atom is 0.225 e. The summed E-state index contributed by atoms with van der Waals surface area (Å²) in [5.74, 6) is 0.365. The summed E-state index contributed by atoms with van der Waals surface area (Å²) in [6, 6.07) is 16.5. The van der Waals surface area contributed by atoms with Gasteiger partial charge in [0.15, 0.2) is 11.2 Å². The number of pyridine rings is 1. The number of aliphatic hydroxyl groups excluding tert-OH is 1. The van der Waals surface area contributed by atoms with Crippen LogP contribution in [-0.2, 0) is 6.42 Å². The summed E-state index contributed by atoms with van der Waals surface area (Å²) in [6.45, 7) is 0. The van der Waals surface area contributed by atoms with Crippen molar-refractivity contribution in [1.29, 1.82) is 0 Å². The Morgan fingerprint density at radius 3 is 2.74 bits per heavy atom. The number of nitrogens with zero attached hydrogens (tertiary/aromatic N) is 2. The lowest BCUT2D eigenvalue weighted by molar-refractivity contribution is 0.133. The van der Waals surface area contributed by atoms with E-state index in [0.29, 0.717) is 23.5 Å². The second kappa shape index (κ2) is 8.46. The van der Waals surface area contributed by atoms with Crippen LogP contribution in [0.25, 0.3) is 21.7 Å². The van der Waals surface area contributed by atoms with Crippen LogP contribution in [0.5, 0.6) is 0 Å². The van der Waals surface area contributed by atoms with Crippen molar-refractivity contribution in [2.75, 3.05) is 0 Å². The second-order valence-electron chi connectivity index (χ2n) is 6.68. The van der Waals surface area contributed by atoms with E-state index in [-0.39, 0.29) is 0 Å². The normalized spacial score (nSPS) is 12.5. The maximum atomic E-state index is 10.4. The summed E-state index contributed by atoms with van der Waals surface area (Å²) >= 11 is 1.66. The van der Waals surface area contributed by atoms with Gasteiger partial charge in [-0.1, -0.05) is 49.2 Å². The Hall–Kier alpha value is -2.50. The Bertz CT molecular complexity index is 980. The van der Waals surface area contributed by atoms with E-state index < -0.39 is 6.10 Å². The molecule has 4 rings (SSSR count). The molecular weight excluding hydrogens is 356 g/mol. The molecule has 4 aromatic rings. The average Bonchev–Trinajstić information content (AvgIpc) is 3.37.